The molecule has 0 aliphatic rings. The van der Waals surface area contributed by atoms with Crippen molar-refractivity contribution in [1.82, 2.24) is 15.0 Å². The van der Waals surface area contributed by atoms with Crippen LogP contribution in [0.1, 0.15) is 41.4 Å². The minimum absolute atomic E-state index is 0.350. The molecule has 0 fully saturated rings. The van der Waals surface area contributed by atoms with Gasteiger partial charge in [-0.25, -0.2) is 4.68 Å². The largest absolute Gasteiger partial charge is 0.296 e. The summed E-state index contributed by atoms with van der Waals surface area (Å²) in [5.74, 6) is 0.474. The first-order valence-corrected chi connectivity index (χ1v) is 7.68. The van der Waals surface area contributed by atoms with Crippen LogP contribution in [0.15, 0.2) is 48.5 Å². The third-order valence-electron chi connectivity index (χ3n) is 3.90. The molecule has 3 rings (SSSR count). The highest BCUT2D eigenvalue weighted by molar-refractivity contribution is 5.84. The lowest BCUT2D eigenvalue weighted by molar-refractivity contribution is 0.111. The van der Waals surface area contributed by atoms with E-state index in [2.05, 4.69) is 36.3 Å². The summed E-state index contributed by atoms with van der Waals surface area (Å²) >= 11 is 0. The van der Waals surface area contributed by atoms with E-state index in [-0.39, 0.29) is 0 Å². The Balaban J connectivity index is 2.13. The smallest absolute Gasteiger partial charge is 0.172 e. The SMILES string of the molecule is Cc1cccc(-c2c(C=O)nnn2-c2ccc(C(C)C)cc2)c1. The lowest BCUT2D eigenvalue weighted by atomic mass is 10.0. The monoisotopic (exact) mass is 305 g/mol. The van der Waals surface area contributed by atoms with Crippen molar-refractivity contribution in [3.63, 3.8) is 0 Å². The molecule has 1 heterocycles. The Bertz CT molecular complexity index is 832. The van der Waals surface area contributed by atoms with Crippen LogP contribution in [0, 0.1) is 6.92 Å². The molecule has 2 aromatic carbocycles. The zero-order valence-electron chi connectivity index (χ0n) is 13.5. The molecule has 116 valence electrons. The van der Waals surface area contributed by atoms with Crippen LogP contribution in [0.4, 0.5) is 0 Å². The standard InChI is InChI=1S/C19H19N3O/c1-13(2)15-7-9-17(10-8-15)22-19(18(12-23)20-21-22)16-6-4-5-14(3)11-16/h4-13H,1-3H3. The minimum Gasteiger partial charge on any atom is -0.296 e. The first-order chi connectivity index (χ1) is 11.1. The van der Waals surface area contributed by atoms with Crippen LogP contribution in [0.3, 0.4) is 0 Å². The van der Waals surface area contributed by atoms with Gasteiger partial charge in [0.1, 0.15) is 5.69 Å². The molecule has 0 unspecified atom stereocenters. The highest BCUT2D eigenvalue weighted by Crippen LogP contribution is 2.26. The zero-order chi connectivity index (χ0) is 16.4. The van der Waals surface area contributed by atoms with E-state index >= 15 is 0 Å². The van der Waals surface area contributed by atoms with Gasteiger partial charge < -0.3 is 0 Å². The van der Waals surface area contributed by atoms with Crippen LogP contribution in [0.25, 0.3) is 16.9 Å². The maximum absolute atomic E-state index is 11.4. The second kappa shape index (κ2) is 6.16. The second-order valence-electron chi connectivity index (χ2n) is 5.97. The van der Waals surface area contributed by atoms with Crippen molar-refractivity contribution in [3.05, 3.63) is 65.4 Å². The van der Waals surface area contributed by atoms with Crippen LogP contribution in [-0.4, -0.2) is 21.3 Å². The first-order valence-electron chi connectivity index (χ1n) is 7.68. The summed E-state index contributed by atoms with van der Waals surface area (Å²) in [6, 6.07) is 16.2. The molecule has 3 aromatic rings. The number of benzene rings is 2. The summed E-state index contributed by atoms with van der Waals surface area (Å²) in [6.07, 6.45) is 0.754. The third kappa shape index (κ3) is 2.93. The lowest BCUT2D eigenvalue weighted by Crippen LogP contribution is -2.01. The van der Waals surface area contributed by atoms with Gasteiger partial charge in [0.15, 0.2) is 12.0 Å². The molecule has 0 amide bonds. The molecule has 0 saturated carbocycles. The average Bonchev–Trinajstić information content (AvgIpc) is 2.99. The number of hydrogen-bond acceptors (Lipinski definition) is 3. The van der Waals surface area contributed by atoms with E-state index in [0.717, 1.165) is 28.8 Å². The summed E-state index contributed by atoms with van der Waals surface area (Å²) in [5, 5.41) is 8.19. The van der Waals surface area contributed by atoms with Crippen molar-refractivity contribution in [1.29, 1.82) is 0 Å². The molecule has 4 heteroatoms. The number of rotatable bonds is 4. The molecule has 0 atom stereocenters. The molecule has 0 bridgehead atoms. The average molecular weight is 305 g/mol. The Morgan fingerprint density at radius 1 is 1.09 bits per heavy atom. The Hall–Kier alpha value is -2.75. The Morgan fingerprint density at radius 2 is 1.83 bits per heavy atom. The fraction of sp³-hybridized carbons (Fsp3) is 0.211. The Kier molecular flexibility index (Phi) is 4.06. The van der Waals surface area contributed by atoms with Crippen molar-refractivity contribution in [2.45, 2.75) is 26.7 Å². The number of carbonyl (C=O) groups is 1. The van der Waals surface area contributed by atoms with Gasteiger partial charge in [-0.1, -0.05) is 55.0 Å². The van der Waals surface area contributed by atoms with Gasteiger partial charge in [-0.2, -0.15) is 0 Å². The van der Waals surface area contributed by atoms with Crippen molar-refractivity contribution < 1.29 is 4.79 Å². The number of carbonyl (C=O) groups excluding carboxylic acids is 1. The molecule has 0 aliphatic carbocycles. The van der Waals surface area contributed by atoms with Gasteiger partial charge in [0.25, 0.3) is 0 Å². The quantitative estimate of drug-likeness (QED) is 0.679. The zero-order valence-corrected chi connectivity index (χ0v) is 13.5. The van der Waals surface area contributed by atoms with Gasteiger partial charge >= 0.3 is 0 Å². The minimum atomic E-state index is 0.350. The van der Waals surface area contributed by atoms with Gasteiger partial charge in [0.2, 0.25) is 0 Å². The number of aryl methyl sites for hydroxylation is 1. The van der Waals surface area contributed by atoms with Crippen molar-refractivity contribution in [2.75, 3.05) is 0 Å². The normalized spacial score (nSPS) is 11.0. The second-order valence-corrected chi connectivity index (χ2v) is 5.97. The van der Waals surface area contributed by atoms with Crippen molar-refractivity contribution in [2.24, 2.45) is 0 Å². The number of hydrogen-bond donors (Lipinski definition) is 0. The molecule has 23 heavy (non-hydrogen) atoms. The fourth-order valence-corrected chi connectivity index (χ4v) is 2.62. The molecular weight excluding hydrogens is 286 g/mol. The third-order valence-corrected chi connectivity index (χ3v) is 3.90. The summed E-state index contributed by atoms with van der Waals surface area (Å²) in [5.41, 5.74) is 5.30. The predicted octanol–water partition coefficient (Wildman–Crippen LogP) is 4.18. The van der Waals surface area contributed by atoms with Gasteiger partial charge in [-0.3, -0.25) is 4.79 Å². The van der Waals surface area contributed by atoms with E-state index < -0.39 is 0 Å². The maximum atomic E-state index is 11.4. The van der Waals surface area contributed by atoms with Crippen molar-refractivity contribution >= 4 is 6.29 Å². The van der Waals surface area contributed by atoms with Gasteiger partial charge in [-0.15, -0.1) is 5.10 Å². The van der Waals surface area contributed by atoms with E-state index in [9.17, 15) is 4.79 Å². The molecule has 1 aromatic heterocycles. The maximum Gasteiger partial charge on any atom is 0.172 e. The molecule has 0 saturated heterocycles. The fourth-order valence-electron chi connectivity index (χ4n) is 2.62. The highest BCUT2D eigenvalue weighted by Gasteiger charge is 2.16. The predicted molar refractivity (Wildman–Crippen MR) is 91.0 cm³/mol. The highest BCUT2D eigenvalue weighted by atomic mass is 16.1. The summed E-state index contributed by atoms with van der Waals surface area (Å²) < 4.78 is 1.72. The Morgan fingerprint density at radius 3 is 2.43 bits per heavy atom. The summed E-state index contributed by atoms with van der Waals surface area (Å²) in [4.78, 5) is 11.4. The van der Waals surface area contributed by atoms with Crippen LogP contribution >= 0.6 is 0 Å². The van der Waals surface area contributed by atoms with E-state index in [4.69, 9.17) is 0 Å². The van der Waals surface area contributed by atoms with E-state index in [0.29, 0.717) is 11.6 Å². The summed E-state index contributed by atoms with van der Waals surface area (Å²) in [6.45, 7) is 6.34. The number of aromatic nitrogens is 3. The molecule has 4 nitrogen and oxygen atoms in total. The Labute approximate surface area is 135 Å². The van der Waals surface area contributed by atoms with Crippen LogP contribution in [0.5, 0.6) is 0 Å². The molecule has 0 aliphatic heterocycles. The molecule has 0 radical (unpaired) electrons. The summed E-state index contributed by atoms with van der Waals surface area (Å²) in [7, 11) is 0. The van der Waals surface area contributed by atoms with Crippen LogP contribution < -0.4 is 0 Å². The first kappa shape index (κ1) is 15.2. The van der Waals surface area contributed by atoms with E-state index in [1.165, 1.54) is 5.56 Å². The number of aldehydes is 1. The van der Waals surface area contributed by atoms with E-state index in [1.807, 2.05) is 43.3 Å². The topological polar surface area (TPSA) is 47.8 Å². The van der Waals surface area contributed by atoms with E-state index in [1.54, 1.807) is 4.68 Å². The lowest BCUT2D eigenvalue weighted by Gasteiger charge is -2.10. The molecular formula is C19H19N3O. The van der Waals surface area contributed by atoms with Gasteiger partial charge in [0.05, 0.1) is 5.69 Å². The van der Waals surface area contributed by atoms with Gasteiger partial charge in [0, 0.05) is 5.56 Å². The van der Waals surface area contributed by atoms with Crippen LogP contribution in [-0.2, 0) is 0 Å². The van der Waals surface area contributed by atoms with Crippen molar-refractivity contribution in [3.8, 4) is 16.9 Å². The van der Waals surface area contributed by atoms with Crippen LogP contribution in [0.2, 0.25) is 0 Å². The van der Waals surface area contributed by atoms with Gasteiger partial charge in [-0.05, 0) is 36.6 Å². The molecule has 0 spiro atoms. The molecule has 0 N–H and O–H groups in total. The number of nitrogens with zero attached hydrogens (tertiary/aromatic N) is 3.